The maximum atomic E-state index is 12.6. The van der Waals surface area contributed by atoms with Gasteiger partial charge in [0.25, 0.3) is 5.91 Å². The molecule has 8 nitrogen and oxygen atoms in total. The number of hydrogen-bond acceptors (Lipinski definition) is 7. The van der Waals surface area contributed by atoms with Gasteiger partial charge in [0.05, 0.1) is 16.0 Å². The molecule has 0 radical (unpaired) electrons. The van der Waals surface area contributed by atoms with Gasteiger partial charge in [0, 0.05) is 11.4 Å². The highest BCUT2D eigenvalue weighted by molar-refractivity contribution is 7.89. The summed E-state index contributed by atoms with van der Waals surface area (Å²) in [5.41, 5.74) is 2.27. The van der Waals surface area contributed by atoms with Crippen molar-refractivity contribution in [3.05, 3.63) is 81.7 Å². The average Bonchev–Trinajstić information content (AvgIpc) is 3.23. The highest BCUT2D eigenvalue weighted by Gasteiger charge is 2.22. The Kier molecular flexibility index (Phi) is 7.60. The molecule has 1 aliphatic carbocycles. The molecule has 3 aromatic rings. The van der Waals surface area contributed by atoms with Crippen molar-refractivity contribution in [1.82, 2.24) is 4.72 Å². The van der Waals surface area contributed by atoms with Crippen LogP contribution in [0.15, 0.2) is 59.5 Å². The summed E-state index contributed by atoms with van der Waals surface area (Å²) < 4.78 is 32.9. The Balaban J connectivity index is 1.36. The number of ether oxygens (including phenoxy) is 1. The molecule has 0 aliphatic heterocycles. The molecule has 4 rings (SSSR count). The number of nitrogens with zero attached hydrogens (tertiary/aromatic N) is 1. The van der Waals surface area contributed by atoms with Crippen LogP contribution in [0.5, 0.6) is 0 Å². The number of carbonyl (C=O) groups excluding carboxylic acids is 2. The average molecular weight is 510 g/mol. The van der Waals surface area contributed by atoms with Crippen LogP contribution in [0.25, 0.3) is 0 Å². The lowest BCUT2D eigenvalue weighted by Gasteiger charge is -2.09. The van der Waals surface area contributed by atoms with E-state index in [-0.39, 0.29) is 17.0 Å². The number of aryl methyl sites for hydroxylation is 1. The number of nitriles is 1. The van der Waals surface area contributed by atoms with Crippen LogP contribution >= 0.6 is 11.3 Å². The molecule has 0 saturated heterocycles. The first kappa shape index (κ1) is 24.6. The smallest absolute Gasteiger partial charge is 0.338 e. The molecule has 35 heavy (non-hydrogen) atoms. The van der Waals surface area contributed by atoms with Crippen molar-refractivity contribution in [2.24, 2.45) is 0 Å². The van der Waals surface area contributed by atoms with Crippen LogP contribution < -0.4 is 10.0 Å². The molecule has 0 bridgehead atoms. The summed E-state index contributed by atoms with van der Waals surface area (Å²) in [6, 6.07) is 16.6. The molecule has 0 fully saturated rings. The summed E-state index contributed by atoms with van der Waals surface area (Å²) in [5.74, 6) is -1.40. The van der Waals surface area contributed by atoms with Crippen LogP contribution in [0, 0.1) is 11.3 Å². The van der Waals surface area contributed by atoms with Crippen LogP contribution in [0.2, 0.25) is 0 Å². The van der Waals surface area contributed by atoms with E-state index >= 15 is 0 Å². The van der Waals surface area contributed by atoms with E-state index < -0.39 is 28.5 Å². The number of rotatable bonds is 8. The van der Waals surface area contributed by atoms with Crippen molar-refractivity contribution in [3.63, 3.8) is 0 Å². The molecule has 2 N–H and O–H groups in total. The Morgan fingerprint density at radius 3 is 2.60 bits per heavy atom. The second-order valence-electron chi connectivity index (χ2n) is 7.99. The fourth-order valence-electron chi connectivity index (χ4n) is 3.80. The number of nitrogens with one attached hydrogen (secondary N) is 2. The predicted octanol–water partition coefficient (Wildman–Crippen LogP) is 3.77. The molecule has 0 unspecified atom stereocenters. The predicted molar refractivity (Wildman–Crippen MR) is 131 cm³/mol. The second-order valence-corrected chi connectivity index (χ2v) is 10.9. The molecular weight excluding hydrogens is 486 g/mol. The van der Waals surface area contributed by atoms with Gasteiger partial charge in [-0.25, -0.2) is 17.9 Å². The number of sulfonamides is 1. The van der Waals surface area contributed by atoms with Crippen LogP contribution in [0.1, 0.15) is 44.8 Å². The van der Waals surface area contributed by atoms with Gasteiger partial charge in [0.15, 0.2) is 6.61 Å². The van der Waals surface area contributed by atoms with Crippen molar-refractivity contribution >= 4 is 38.2 Å². The van der Waals surface area contributed by atoms with E-state index in [1.54, 1.807) is 12.1 Å². The summed E-state index contributed by atoms with van der Waals surface area (Å²) in [7, 11) is -3.86. The number of carbonyl (C=O) groups is 2. The maximum absolute atomic E-state index is 12.6. The van der Waals surface area contributed by atoms with Gasteiger partial charge < -0.3 is 10.1 Å². The second kappa shape index (κ2) is 10.8. The lowest BCUT2D eigenvalue weighted by Crippen LogP contribution is -2.24. The largest absolute Gasteiger partial charge is 0.452 e. The van der Waals surface area contributed by atoms with Gasteiger partial charge in [-0.1, -0.05) is 36.4 Å². The molecular formula is C25H23N3O5S2. The van der Waals surface area contributed by atoms with Gasteiger partial charge in [-0.2, -0.15) is 5.26 Å². The van der Waals surface area contributed by atoms with Gasteiger partial charge in [-0.05, 0) is 55.0 Å². The van der Waals surface area contributed by atoms with Crippen molar-refractivity contribution in [1.29, 1.82) is 5.26 Å². The molecule has 180 valence electrons. The summed E-state index contributed by atoms with van der Waals surface area (Å²) in [4.78, 5) is 25.9. The third-order valence-corrected chi connectivity index (χ3v) is 8.17. The zero-order valence-electron chi connectivity index (χ0n) is 18.7. The third kappa shape index (κ3) is 5.95. The van der Waals surface area contributed by atoms with Crippen LogP contribution in [-0.2, 0) is 38.9 Å². The topological polar surface area (TPSA) is 125 Å². The van der Waals surface area contributed by atoms with Crippen molar-refractivity contribution in [2.75, 3.05) is 11.9 Å². The summed E-state index contributed by atoms with van der Waals surface area (Å²) >= 11 is 1.38. The molecule has 1 heterocycles. The third-order valence-electron chi connectivity index (χ3n) is 5.56. The first-order valence-corrected chi connectivity index (χ1v) is 13.3. The highest BCUT2D eigenvalue weighted by Crippen LogP contribution is 2.37. The molecule has 1 amide bonds. The van der Waals surface area contributed by atoms with E-state index in [4.69, 9.17) is 4.74 Å². The standard InChI is InChI=1S/C25H23N3O5S2/c26-14-21-20-11-4-5-12-22(20)34-24(21)28-23(29)16-33-25(30)18-9-6-10-19(13-18)35(31,32)27-15-17-7-2-1-3-8-17/h1-3,6-10,13,27H,4-5,11-12,15-16H2,(H,28,29). The van der Waals surface area contributed by atoms with Gasteiger partial charge in [0.1, 0.15) is 11.1 Å². The fraction of sp³-hybridized carbons (Fsp3) is 0.240. The molecule has 0 atom stereocenters. The minimum absolute atomic E-state index is 0.00434. The fourth-order valence-corrected chi connectivity index (χ4v) is 6.12. The molecule has 1 aliphatic rings. The number of esters is 1. The van der Waals surface area contributed by atoms with Crippen molar-refractivity contribution in [3.8, 4) is 6.07 Å². The van der Waals surface area contributed by atoms with E-state index in [1.165, 1.54) is 35.6 Å². The van der Waals surface area contributed by atoms with E-state index in [9.17, 15) is 23.3 Å². The van der Waals surface area contributed by atoms with Gasteiger partial charge >= 0.3 is 5.97 Å². The van der Waals surface area contributed by atoms with E-state index in [0.29, 0.717) is 10.6 Å². The SMILES string of the molecule is N#Cc1c(NC(=O)COC(=O)c2cccc(S(=O)(=O)NCc3ccccc3)c2)sc2c1CCCC2. The van der Waals surface area contributed by atoms with Crippen LogP contribution in [0.3, 0.4) is 0 Å². The lowest BCUT2D eigenvalue weighted by molar-refractivity contribution is -0.119. The Hall–Kier alpha value is -3.52. The first-order chi connectivity index (χ1) is 16.9. The first-order valence-electron chi connectivity index (χ1n) is 11.0. The Labute approximate surface area is 207 Å². The maximum Gasteiger partial charge on any atom is 0.338 e. The number of amides is 1. The molecule has 0 spiro atoms. The quantitative estimate of drug-likeness (QED) is 0.445. The minimum atomic E-state index is -3.86. The molecule has 2 aromatic carbocycles. The van der Waals surface area contributed by atoms with Crippen molar-refractivity contribution in [2.45, 2.75) is 37.1 Å². The number of hydrogen-bond donors (Lipinski definition) is 2. The van der Waals surface area contributed by atoms with E-state index in [0.717, 1.165) is 41.7 Å². The number of anilines is 1. The molecule has 1 aromatic heterocycles. The van der Waals surface area contributed by atoms with Gasteiger partial charge in [0.2, 0.25) is 10.0 Å². The lowest BCUT2D eigenvalue weighted by atomic mass is 9.96. The number of fused-ring (bicyclic) bond motifs is 1. The summed E-state index contributed by atoms with van der Waals surface area (Å²) in [5, 5.41) is 12.6. The number of benzene rings is 2. The Bertz CT molecular complexity index is 1390. The summed E-state index contributed by atoms with van der Waals surface area (Å²) in [6.45, 7) is -0.454. The zero-order valence-corrected chi connectivity index (χ0v) is 20.4. The summed E-state index contributed by atoms with van der Waals surface area (Å²) in [6.07, 6.45) is 3.78. The minimum Gasteiger partial charge on any atom is -0.452 e. The van der Waals surface area contributed by atoms with Gasteiger partial charge in [-0.15, -0.1) is 11.3 Å². The number of thiophene rings is 1. The monoisotopic (exact) mass is 509 g/mol. The van der Waals surface area contributed by atoms with E-state index in [2.05, 4.69) is 16.1 Å². The highest BCUT2D eigenvalue weighted by atomic mass is 32.2. The van der Waals surface area contributed by atoms with E-state index in [1.807, 2.05) is 18.2 Å². The van der Waals surface area contributed by atoms with Gasteiger partial charge in [-0.3, -0.25) is 4.79 Å². The molecule has 0 saturated carbocycles. The molecule has 10 heteroatoms. The Morgan fingerprint density at radius 2 is 1.83 bits per heavy atom. The Morgan fingerprint density at radius 1 is 1.06 bits per heavy atom. The normalized spacial score (nSPS) is 12.9. The van der Waals surface area contributed by atoms with Crippen molar-refractivity contribution < 1.29 is 22.7 Å². The zero-order chi connectivity index (χ0) is 24.8. The van der Waals surface area contributed by atoms with Crippen LogP contribution in [0.4, 0.5) is 5.00 Å². The van der Waals surface area contributed by atoms with Crippen LogP contribution in [-0.4, -0.2) is 26.9 Å².